The molecule has 0 saturated heterocycles. The van der Waals surface area contributed by atoms with Crippen molar-refractivity contribution in [3.8, 4) is 11.8 Å². The first-order chi connectivity index (χ1) is 14.9. The highest BCUT2D eigenvalue weighted by Gasteiger charge is 2.13. The Morgan fingerprint density at radius 3 is 2.29 bits per heavy atom. The third-order valence-electron chi connectivity index (χ3n) is 4.10. The molecular formula is C23H14ClFI2N2O2. The molecule has 0 aliphatic rings. The van der Waals surface area contributed by atoms with Gasteiger partial charge in [0.1, 0.15) is 29.8 Å². The molecule has 1 amide bonds. The normalized spacial score (nSPS) is 11.0. The Hall–Kier alpha value is -2.16. The van der Waals surface area contributed by atoms with Gasteiger partial charge in [-0.2, -0.15) is 5.26 Å². The van der Waals surface area contributed by atoms with Crippen LogP contribution in [0, 0.1) is 24.3 Å². The number of carbonyl (C=O) groups is 1. The number of rotatable bonds is 6. The van der Waals surface area contributed by atoms with Crippen LogP contribution >= 0.6 is 56.8 Å². The molecule has 0 bridgehead atoms. The minimum atomic E-state index is -0.508. The molecule has 0 fully saturated rings. The van der Waals surface area contributed by atoms with Crippen molar-refractivity contribution in [1.29, 1.82) is 5.26 Å². The van der Waals surface area contributed by atoms with Crippen molar-refractivity contribution >= 4 is 74.5 Å². The van der Waals surface area contributed by atoms with Crippen molar-refractivity contribution in [1.82, 2.24) is 0 Å². The third-order valence-corrected chi connectivity index (χ3v) is 5.95. The van der Waals surface area contributed by atoms with E-state index in [1.165, 1.54) is 18.2 Å². The number of carbonyl (C=O) groups excluding carboxylic acids is 1. The van der Waals surface area contributed by atoms with Crippen molar-refractivity contribution in [2.75, 3.05) is 5.32 Å². The first-order valence-corrected chi connectivity index (χ1v) is 11.4. The summed E-state index contributed by atoms with van der Waals surface area (Å²) >= 11 is 10.1. The van der Waals surface area contributed by atoms with Crippen LogP contribution < -0.4 is 10.1 Å². The molecule has 0 spiro atoms. The number of hydrogen-bond acceptors (Lipinski definition) is 3. The van der Waals surface area contributed by atoms with Crippen LogP contribution in [-0.4, -0.2) is 5.91 Å². The number of ether oxygens (including phenoxy) is 1. The fraction of sp³-hybridized carbons (Fsp3) is 0.0435. The molecule has 3 aromatic carbocycles. The number of nitrogens with zero attached hydrogens (tertiary/aromatic N) is 1. The van der Waals surface area contributed by atoms with Gasteiger partial charge in [-0.15, -0.1) is 0 Å². The first kappa shape index (κ1) is 23.5. The average Bonchev–Trinajstić information content (AvgIpc) is 2.74. The second-order valence-corrected chi connectivity index (χ2v) is 9.12. The minimum absolute atomic E-state index is 0.0264. The van der Waals surface area contributed by atoms with Crippen molar-refractivity contribution in [3.63, 3.8) is 0 Å². The molecule has 0 radical (unpaired) electrons. The number of nitriles is 1. The number of nitrogens with one attached hydrogen (secondary N) is 1. The van der Waals surface area contributed by atoms with Crippen molar-refractivity contribution in [3.05, 3.63) is 95.3 Å². The van der Waals surface area contributed by atoms with Gasteiger partial charge < -0.3 is 10.1 Å². The summed E-state index contributed by atoms with van der Waals surface area (Å²) in [5.41, 5.74) is 2.07. The molecule has 4 nitrogen and oxygen atoms in total. The van der Waals surface area contributed by atoms with Crippen LogP contribution in [-0.2, 0) is 11.4 Å². The quantitative estimate of drug-likeness (QED) is 0.180. The Kier molecular flexibility index (Phi) is 8.28. The zero-order valence-electron chi connectivity index (χ0n) is 15.8. The van der Waals surface area contributed by atoms with Crippen molar-refractivity contribution in [2.45, 2.75) is 6.61 Å². The second kappa shape index (κ2) is 10.9. The zero-order valence-corrected chi connectivity index (χ0v) is 20.9. The molecule has 0 heterocycles. The van der Waals surface area contributed by atoms with E-state index in [0.29, 0.717) is 28.6 Å². The monoisotopic (exact) mass is 658 g/mol. The fourth-order valence-corrected chi connectivity index (χ4v) is 4.84. The molecule has 0 atom stereocenters. The van der Waals surface area contributed by atoms with Gasteiger partial charge >= 0.3 is 0 Å². The van der Waals surface area contributed by atoms with E-state index in [4.69, 9.17) is 16.3 Å². The van der Waals surface area contributed by atoms with Gasteiger partial charge in [-0.1, -0.05) is 23.7 Å². The van der Waals surface area contributed by atoms with Crippen molar-refractivity contribution in [2.24, 2.45) is 0 Å². The maximum Gasteiger partial charge on any atom is 0.266 e. The van der Waals surface area contributed by atoms with Crippen LogP contribution in [0.4, 0.5) is 10.1 Å². The van der Waals surface area contributed by atoms with E-state index in [1.807, 2.05) is 18.2 Å². The standard InChI is InChI=1S/C23H14ClFI2N2O2/c24-17-3-7-19(8-4-17)29-23(30)16(12-28)9-15-10-20(26)22(21(27)11-15)31-13-14-1-5-18(25)6-2-14/h1-11H,13H2,(H,29,30)/b16-9-. The number of benzene rings is 3. The molecule has 0 aliphatic heterocycles. The maximum atomic E-state index is 13.0. The van der Waals surface area contributed by atoms with Gasteiger partial charge in [0.05, 0.1) is 7.14 Å². The number of hydrogen-bond donors (Lipinski definition) is 1. The largest absolute Gasteiger partial charge is 0.487 e. The highest BCUT2D eigenvalue weighted by atomic mass is 127. The second-order valence-electron chi connectivity index (χ2n) is 6.36. The fourth-order valence-electron chi connectivity index (χ4n) is 2.58. The van der Waals surface area contributed by atoms with Crippen LogP contribution in [0.25, 0.3) is 6.08 Å². The highest BCUT2D eigenvalue weighted by Crippen LogP contribution is 2.30. The van der Waals surface area contributed by atoms with Gasteiger partial charge in [-0.25, -0.2) is 4.39 Å². The van der Waals surface area contributed by atoms with Crippen LogP contribution in [0.3, 0.4) is 0 Å². The molecule has 0 aromatic heterocycles. The van der Waals surface area contributed by atoms with Crippen LogP contribution in [0.15, 0.2) is 66.2 Å². The van der Waals surface area contributed by atoms with E-state index in [9.17, 15) is 14.4 Å². The molecular weight excluding hydrogens is 645 g/mol. The zero-order chi connectivity index (χ0) is 22.4. The molecule has 0 saturated carbocycles. The van der Waals surface area contributed by atoms with Gasteiger partial charge in [0.2, 0.25) is 0 Å². The summed E-state index contributed by atoms with van der Waals surface area (Å²) < 4.78 is 20.6. The van der Waals surface area contributed by atoms with Crippen LogP contribution in [0.1, 0.15) is 11.1 Å². The van der Waals surface area contributed by atoms with E-state index >= 15 is 0 Å². The summed E-state index contributed by atoms with van der Waals surface area (Å²) in [6.07, 6.45) is 1.53. The Balaban J connectivity index is 1.76. The van der Waals surface area contributed by atoms with Gasteiger partial charge in [-0.3, -0.25) is 4.79 Å². The Labute approximate surface area is 211 Å². The molecule has 156 valence electrons. The first-order valence-electron chi connectivity index (χ1n) is 8.90. The molecule has 31 heavy (non-hydrogen) atoms. The predicted octanol–water partition coefficient (Wildman–Crippen LogP) is 6.81. The SMILES string of the molecule is N#C/C(=C/c1cc(I)c(OCc2ccc(F)cc2)c(I)c1)C(=O)Nc1ccc(Cl)cc1. The lowest BCUT2D eigenvalue weighted by molar-refractivity contribution is -0.112. The van der Waals surface area contributed by atoms with Crippen molar-refractivity contribution < 1.29 is 13.9 Å². The minimum Gasteiger partial charge on any atom is -0.487 e. The third kappa shape index (κ3) is 6.66. The Morgan fingerprint density at radius 2 is 1.71 bits per heavy atom. The number of anilines is 1. The van der Waals surface area contributed by atoms with E-state index < -0.39 is 5.91 Å². The van der Waals surface area contributed by atoms with E-state index in [0.717, 1.165) is 12.7 Å². The molecule has 0 unspecified atom stereocenters. The molecule has 0 aliphatic carbocycles. The molecule has 1 N–H and O–H groups in total. The number of halogens is 4. The number of amides is 1. The lowest BCUT2D eigenvalue weighted by Crippen LogP contribution is -2.13. The maximum absolute atomic E-state index is 13.0. The van der Waals surface area contributed by atoms with Gasteiger partial charge in [0.25, 0.3) is 5.91 Å². The highest BCUT2D eigenvalue weighted by molar-refractivity contribution is 14.1. The predicted molar refractivity (Wildman–Crippen MR) is 136 cm³/mol. The lowest BCUT2D eigenvalue weighted by Gasteiger charge is -2.12. The Bertz CT molecular complexity index is 1150. The topological polar surface area (TPSA) is 62.1 Å². The van der Waals surface area contributed by atoms with E-state index in [1.54, 1.807) is 36.4 Å². The summed E-state index contributed by atoms with van der Waals surface area (Å²) in [5, 5.41) is 12.7. The smallest absolute Gasteiger partial charge is 0.266 e. The summed E-state index contributed by atoms with van der Waals surface area (Å²) in [4.78, 5) is 12.5. The summed E-state index contributed by atoms with van der Waals surface area (Å²) in [7, 11) is 0. The summed E-state index contributed by atoms with van der Waals surface area (Å²) in [6.45, 7) is 0.300. The van der Waals surface area contributed by atoms with Crippen LogP contribution in [0.5, 0.6) is 5.75 Å². The van der Waals surface area contributed by atoms with Gasteiger partial charge in [0.15, 0.2) is 0 Å². The Morgan fingerprint density at radius 1 is 1.10 bits per heavy atom. The van der Waals surface area contributed by atoms with Gasteiger partial charge in [-0.05, 0) is 111 Å². The van der Waals surface area contributed by atoms with E-state index in [-0.39, 0.29) is 11.4 Å². The lowest BCUT2D eigenvalue weighted by atomic mass is 10.1. The molecule has 3 rings (SSSR count). The average molecular weight is 659 g/mol. The van der Waals surface area contributed by atoms with E-state index in [2.05, 4.69) is 50.5 Å². The summed E-state index contributed by atoms with van der Waals surface area (Å²) in [5.74, 6) is -0.115. The summed E-state index contributed by atoms with van der Waals surface area (Å²) in [6, 6.07) is 18.4. The van der Waals surface area contributed by atoms with Gasteiger partial charge in [0, 0.05) is 10.7 Å². The van der Waals surface area contributed by atoms with Crippen LogP contribution in [0.2, 0.25) is 5.02 Å². The molecule has 8 heteroatoms. The molecule has 3 aromatic rings.